The molecule has 0 aliphatic carbocycles. The van der Waals surface area contributed by atoms with Gasteiger partial charge in [-0.2, -0.15) is 17.6 Å². The van der Waals surface area contributed by atoms with Gasteiger partial charge in [-0.05, 0) is 20.8 Å². The monoisotopic (exact) mass is 240 g/mol. The van der Waals surface area contributed by atoms with Crippen molar-refractivity contribution in [3.63, 3.8) is 0 Å². The summed E-state index contributed by atoms with van der Waals surface area (Å²) in [6.07, 6.45) is -4.82. The molecule has 0 saturated heterocycles. The molecule has 7 heteroatoms. The van der Waals surface area contributed by atoms with E-state index in [1.54, 1.807) is 20.8 Å². The lowest BCUT2D eigenvalue weighted by atomic mass is 10.1. The molecule has 0 aliphatic rings. The first kappa shape index (κ1) is 12.8. The van der Waals surface area contributed by atoms with Crippen molar-refractivity contribution < 1.29 is 22.3 Å². The molecule has 3 nitrogen and oxygen atoms in total. The third-order valence-corrected chi connectivity index (χ3v) is 1.91. The Bertz CT molecular complexity index is 389. The quantitative estimate of drug-likeness (QED) is 0.706. The van der Waals surface area contributed by atoms with E-state index in [0.717, 1.165) is 7.11 Å². The molecule has 0 amide bonds. The summed E-state index contributed by atoms with van der Waals surface area (Å²) in [7, 11) is 1.02. The van der Waals surface area contributed by atoms with Crippen LogP contribution >= 0.6 is 0 Å². The van der Waals surface area contributed by atoms with Gasteiger partial charge in [0.15, 0.2) is 5.56 Å². The summed E-state index contributed by atoms with van der Waals surface area (Å²) in [5, 5.41) is 3.47. The van der Waals surface area contributed by atoms with Gasteiger partial charge in [-0.15, -0.1) is 5.10 Å². The summed E-state index contributed by atoms with van der Waals surface area (Å²) in [5.74, 6) is -2.18. The predicted molar refractivity (Wildman–Crippen MR) is 48.7 cm³/mol. The number of methoxy groups -OCH3 is 1. The van der Waals surface area contributed by atoms with Crippen molar-refractivity contribution >= 4 is 0 Å². The van der Waals surface area contributed by atoms with Gasteiger partial charge in [-0.3, -0.25) is 0 Å². The molecule has 16 heavy (non-hydrogen) atoms. The fourth-order valence-electron chi connectivity index (χ4n) is 1.20. The summed E-state index contributed by atoms with van der Waals surface area (Å²) >= 11 is 0. The van der Waals surface area contributed by atoms with Crippen molar-refractivity contribution in [2.75, 3.05) is 7.11 Å². The number of hydrogen-bond donors (Lipinski definition) is 0. The van der Waals surface area contributed by atoms with Crippen molar-refractivity contribution in [1.82, 2.24) is 9.78 Å². The molecule has 0 N–H and O–H groups in total. The zero-order chi connectivity index (χ0) is 12.7. The molecule has 0 radical (unpaired) electrons. The van der Waals surface area contributed by atoms with E-state index in [-0.39, 0.29) is 0 Å². The molecule has 0 unspecified atom stereocenters. The van der Waals surface area contributed by atoms with E-state index in [1.165, 1.54) is 0 Å². The maximum atomic E-state index is 13.6. The Morgan fingerprint density at radius 2 is 1.69 bits per heavy atom. The Hall–Kier alpha value is -1.27. The fourth-order valence-corrected chi connectivity index (χ4v) is 1.20. The zero-order valence-electron chi connectivity index (χ0n) is 9.31. The molecule has 92 valence electrons. The number of aromatic nitrogens is 2. The van der Waals surface area contributed by atoms with Gasteiger partial charge in [-0.1, -0.05) is 0 Å². The van der Waals surface area contributed by atoms with Gasteiger partial charge in [0.1, 0.15) is 0 Å². The van der Waals surface area contributed by atoms with Gasteiger partial charge in [0.25, 0.3) is 0 Å². The molecule has 0 saturated carbocycles. The van der Waals surface area contributed by atoms with Crippen molar-refractivity contribution in [3.8, 4) is 5.88 Å². The normalized spacial score (nSPS) is 13.0. The molecule has 0 bridgehead atoms. The minimum atomic E-state index is -4.82. The van der Waals surface area contributed by atoms with E-state index in [4.69, 9.17) is 0 Å². The van der Waals surface area contributed by atoms with Crippen LogP contribution in [0.25, 0.3) is 0 Å². The number of ether oxygens (including phenoxy) is 1. The average Bonchev–Trinajstić information content (AvgIpc) is 2.40. The van der Waals surface area contributed by atoms with Crippen LogP contribution in [0.4, 0.5) is 17.6 Å². The van der Waals surface area contributed by atoms with E-state index >= 15 is 0 Å². The Labute approximate surface area is 90.0 Å². The highest BCUT2D eigenvalue weighted by molar-refractivity contribution is 5.28. The SMILES string of the molecule is COc1nn(C(C)(C)C)c(F)c1C(F)(F)F. The fraction of sp³-hybridized carbons (Fsp3) is 0.667. The van der Waals surface area contributed by atoms with Crippen LogP contribution in [0.1, 0.15) is 26.3 Å². The van der Waals surface area contributed by atoms with E-state index < -0.39 is 29.1 Å². The molecular weight excluding hydrogens is 228 g/mol. The minimum Gasteiger partial charge on any atom is -0.479 e. The van der Waals surface area contributed by atoms with Crippen molar-refractivity contribution in [2.45, 2.75) is 32.5 Å². The molecule has 0 aromatic carbocycles. The highest BCUT2D eigenvalue weighted by atomic mass is 19.4. The molecular formula is C9H12F4N2O. The zero-order valence-corrected chi connectivity index (χ0v) is 9.31. The van der Waals surface area contributed by atoms with E-state index in [9.17, 15) is 17.6 Å². The number of rotatable bonds is 1. The van der Waals surface area contributed by atoms with Crippen LogP contribution in [-0.4, -0.2) is 16.9 Å². The average molecular weight is 240 g/mol. The lowest BCUT2D eigenvalue weighted by Gasteiger charge is -2.19. The number of alkyl halides is 3. The first-order valence-electron chi connectivity index (χ1n) is 4.49. The maximum Gasteiger partial charge on any atom is 0.426 e. The second kappa shape index (κ2) is 3.64. The van der Waals surface area contributed by atoms with Crippen LogP contribution in [-0.2, 0) is 11.7 Å². The van der Waals surface area contributed by atoms with Crippen LogP contribution in [0.15, 0.2) is 0 Å². The Morgan fingerprint density at radius 3 is 1.94 bits per heavy atom. The van der Waals surface area contributed by atoms with Crippen LogP contribution in [0.5, 0.6) is 5.88 Å². The number of halogens is 4. The molecule has 0 spiro atoms. The van der Waals surface area contributed by atoms with E-state index in [0.29, 0.717) is 4.68 Å². The lowest BCUT2D eigenvalue weighted by Crippen LogP contribution is -2.25. The van der Waals surface area contributed by atoms with E-state index in [2.05, 4.69) is 9.84 Å². The Kier molecular flexibility index (Phi) is 2.91. The van der Waals surface area contributed by atoms with E-state index in [1.807, 2.05) is 0 Å². The first-order valence-corrected chi connectivity index (χ1v) is 4.49. The molecule has 0 atom stereocenters. The summed E-state index contributed by atoms with van der Waals surface area (Å²) in [5.41, 5.74) is -2.36. The summed E-state index contributed by atoms with van der Waals surface area (Å²) in [4.78, 5) is 0. The third-order valence-electron chi connectivity index (χ3n) is 1.91. The standard InChI is InChI=1S/C9H12F4N2O/c1-8(2,3)15-6(10)5(9(11,12)13)7(14-15)16-4/h1-4H3. The maximum absolute atomic E-state index is 13.6. The molecule has 0 fully saturated rings. The first-order chi connectivity index (χ1) is 7.09. The molecule has 1 aromatic rings. The number of hydrogen-bond acceptors (Lipinski definition) is 2. The lowest BCUT2D eigenvalue weighted by molar-refractivity contribution is -0.141. The number of nitrogens with zero attached hydrogens (tertiary/aromatic N) is 2. The molecule has 1 rings (SSSR count). The van der Waals surface area contributed by atoms with Gasteiger partial charge >= 0.3 is 6.18 Å². The van der Waals surface area contributed by atoms with Gasteiger partial charge in [0.05, 0.1) is 12.6 Å². The predicted octanol–water partition coefficient (Wildman–Crippen LogP) is 2.80. The second-order valence-corrected chi connectivity index (χ2v) is 4.26. The summed E-state index contributed by atoms with van der Waals surface area (Å²) < 4.78 is 56.2. The Morgan fingerprint density at radius 1 is 1.19 bits per heavy atom. The van der Waals surface area contributed by atoms with Gasteiger partial charge in [-0.25, -0.2) is 4.68 Å². The van der Waals surface area contributed by atoms with Crippen LogP contribution in [0, 0.1) is 5.95 Å². The van der Waals surface area contributed by atoms with Crippen LogP contribution in [0.3, 0.4) is 0 Å². The largest absolute Gasteiger partial charge is 0.479 e. The van der Waals surface area contributed by atoms with Crippen LogP contribution in [0.2, 0.25) is 0 Å². The molecule has 1 heterocycles. The van der Waals surface area contributed by atoms with Gasteiger partial charge in [0, 0.05) is 0 Å². The minimum absolute atomic E-state index is 0.661. The van der Waals surface area contributed by atoms with Crippen molar-refractivity contribution in [3.05, 3.63) is 11.5 Å². The highest BCUT2D eigenvalue weighted by Gasteiger charge is 2.43. The van der Waals surface area contributed by atoms with Crippen LogP contribution < -0.4 is 4.74 Å². The topological polar surface area (TPSA) is 27.1 Å². The van der Waals surface area contributed by atoms with Gasteiger partial charge in [0.2, 0.25) is 11.8 Å². The van der Waals surface area contributed by atoms with Crippen molar-refractivity contribution in [2.24, 2.45) is 0 Å². The molecule has 1 aromatic heterocycles. The van der Waals surface area contributed by atoms with Gasteiger partial charge < -0.3 is 4.74 Å². The summed E-state index contributed by atoms with van der Waals surface area (Å²) in [6, 6.07) is 0. The third kappa shape index (κ3) is 2.12. The molecule has 0 aliphatic heterocycles. The highest BCUT2D eigenvalue weighted by Crippen LogP contribution is 2.38. The Balaban J connectivity index is 3.45. The second-order valence-electron chi connectivity index (χ2n) is 4.26. The summed E-state index contributed by atoms with van der Waals surface area (Å²) in [6.45, 7) is 4.63. The smallest absolute Gasteiger partial charge is 0.426 e. The van der Waals surface area contributed by atoms with Crippen molar-refractivity contribution in [1.29, 1.82) is 0 Å².